The van der Waals surface area contributed by atoms with Gasteiger partial charge in [0.2, 0.25) is 5.95 Å². The second kappa shape index (κ2) is 3.38. The van der Waals surface area contributed by atoms with E-state index in [1.165, 1.54) is 11.9 Å². The highest BCUT2D eigenvalue weighted by molar-refractivity contribution is 5.98. The molecule has 1 aliphatic rings. The fourth-order valence-electron chi connectivity index (χ4n) is 1.23. The van der Waals surface area contributed by atoms with E-state index in [1.54, 1.807) is 0 Å². The molecule has 1 aromatic rings. The number of hydrogen-bond donors (Lipinski definition) is 2. The number of H-pyrrole nitrogens is 1. The molecule has 0 radical (unpaired) electrons. The van der Waals surface area contributed by atoms with E-state index in [0.29, 0.717) is 5.95 Å². The van der Waals surface area contributed by atoms with Crippen molar-refractivity contribution in [2.45, 2.75) is 19.8 Å². The summed E-state index contributed by atoms with van der Waals surface area (Å²) in [5, 5.41) is 10.5. The molecule has 0 saturated carbocycles. The van der Waals surface area contributed by atoms with Crippen LogP contribution in [0, 0.1) is 0 Å². The highest BCUT2D eigenvalue weighted by atomic mass is 15.4. The molecule has 1 aromatic heterocycles. The molecule has 2 N–H and O–H groups in total. The fraction of sp³-hybridized carbons (Fsp3) is 0.375. The van der Waals surface area contributed by atoms with Crippen LogP contribution < -0.4 is 5.43 Å². The number of hydrazone groups is 1. The van der Waals surface area contributed by atoms with Crippen molar-refractivity contribution in [2.24, 2.45) is 5.10 Å². The van der Waals surface area contributed by atoms with Crippen molar-refractivity contribution < 1.29 is 0 Å². The lowest BCUT2D eigenvalue weighted by atomic mass is 10.3. The first kappa shape index (κ1) is 7.97. The normalized spacial score (nSPS) is 19.2. The van der Waals surface area contributed by atoms with Gasteiger partial charge in [0.25, 0.3) is 0 Å². The molecule has 0 spiro atoms. The first-order valence-corrected chi connectivity index (χ1v) is 4.20. The third-order valence-electron chi connectivity index (χ3n) is 1.91. The van der Waals surface area contributed by atoms with E-state index in [2.05, 4.69) is 38.7 Å². The van der Waals surface area contributed by atoms with E-state index in [1.807, 2.05) is 0 Å². The summed E-state index contributed by atoms with van der Waals surface area (Å²) in [6.07, 6.45) is 5.64. The van der Waals surface area contributed by atoms with Gasteiger partial charge < -0.3 is 0 Å². The predicted molar refractivity (Wildman–Crippen MR) is 50.4 cm³/mol. The van der Waals surface area contributed by atoms with Crippen LogP contribution in [0.2, 0.25) is 0 Å². The number of nitrogens with one attached hydrogen (secondary N) is 2. The minimum Gasteiger partial charge on any atom is -0.245 e. The third-order valence-corrected chi connectivity index (χ3v) is 1.91. The molecule has 13 heavy (non-hydrogen) atoms. The van der Waals surface area contributed by atoms with Gasteiger partial charge in [-0.15, -0.1) is 0 Å². The Kier molecular flexibility index (Phi) is 2.08. The smallest absolute Gasteiger partial charge is 0.239 e. The van der Waals surface area contributed by atoms with Crippen LogP contribution in [-0.2, 0) is 0 Å². The van der Waals surface area contributed by atoms with E-state index in [-0.39, 0.29) is 0 Å². The number of nitrogens with zero attached hydrogens (tertiary/aromatic N) is 3. The van der Waals surface area contributed by atoms with Crippen molar-refractivity contribution in [3.05, 3.63) is 18.0 Å². The summed E-state index contributed by atoms with van der Waals surface area (Å²) in [6, 6.07) is 0. The van der Waals surface area contributed by atoms with Crippen LogP contribution >= 0.6 is 0 Å². The van der Waals surface area contributed by atoms with Crippen molar-refractivity contribution in [3.8, 4) is 0 Å². The molecule has 0 aliphatic heterocycles. The summed E-state index contributed by atoms with van der Waals surface area (Å²) in [5.41, 5.74) is 5.24. The molecular formula is C8H11N5. The van der Waals surface area contributed by atoms with E-state index >= 15 is 0 Å². The number of rotatable bonds is 2. The Morgan fingerprint density at radius 2 is 2.46 bits per heavy atom. The molecule has 5 heteroatoms. The van der Waals surface area contributed by atoms with E-state index in [4.69, 9.17) is 0 Å². The molecule has 5 nitrogen and oxygen atoms in total. The van der Waals surface area contributed by atoms with Gasteiger partial charge in [0.05, 0.1) is 5.71 Å². The van der Waals surface area contributed by atoms with E-state index < -0.39 is 0 Å². The Hall–Kier alpha value is -1.65. The van der Waals surface area contributed by atoms with Crippen molar-refractivity contribution in [1.29, 1.82) is 0 Å². The van der Waals surface area contributed by atoms with Crippen LogP contribution in [0.5, 0.6) is 0 Å². The van der Waals surface area contributed by atoms with E-state index in [0.717, 1.165) is 18.6 Å². The lowest BCUT2D eigenvalue weighted by Crippen LogP contribution is -1.96. The van der Waals surface area contributed by atoms with Gasteiger partial charge in [-0.25, -0.2) is 10.5 Å². The average Bonchev–Trinajstić information content (AvgIpc) is 2.71. The fourth-order valence-corrected chi connectivity index (χ4v) is 1.23. The van der Waals surface area contributed by atoms with Crippen molar-refractivity contribution in [3.63, 3.8) is 0 Å². The second-order valence-electron chi connectivity index (χ2n) is 3.04. The van der Waals surface area contributed by atoms with Crippen molar-refractivity contribution in [2.75, 3.05) is 5.43 Å². The van der Waals surface area contributed by atoms with Crippen molar-refractivity contribution in [1.82, 2.24) is 15.2 Å². The Morgan fingerprint density at radius 1 is 1.54 bits per heavy atom. The van der Waals surface area contributed by atoms with Crippen LogP contribution in [0.15, 0.2) is 23.1 Å². The molecule has 0 atom stereocenters. The molecule has 1 aliphatic carbocycles. The quantitative estimate of drug-likeness (QED) is 0.669. The molecule has 0 unspecified atom stereocenters. The maximum atomic E-state index is 4.17. The number of aromatic nitrogens is 3. The maximum absolute atomic E-state index is 4.17. The van der Waals surface area contributed by atoms with Crippen molar-refractivity contribution >= 4 is 11.7 Å². The highest BCUT2D eigenvalue weighted by Crippen LogP contribution is 2.14. The van der Waals surface area contributed by atoms with Gasteiger partial charge in [0.15, 0.2) is 0 Å². The highest BCUT2D eigenvalue weighted by Gasteiger charge is 2.06. The van der Waals surface area contributed by atoms with Gasteiger partial charge >= 0.3 is 0 Å². The monoisotopic (exact) mass is 177 g/mol. The van der Waals surface area contributed by atoms with E-state index in [9.17, 15) is 0 Å². The summed E-state index contributed by atoms with van der Waals surface area (Å²) in [5.74, 6) is 0.574. The van der Waals surface area contributed by atoms with Crippen LogP contribution in [0.4, 0.5) is 5.95 Å². The minimum atomic E-state index is 0.574. The van der Waals surface area contributed by atoms with Crippen LogP contribution in [0.25, 0.3) is 0 Å². The SMILES string of the molecule is CC1=C/C(=N/Nc2ncn[nH]2)CC1. The van der Waals surface area contributed by atoms with Gasteiger partial charge in [0.1, 0.15) is 6.33 Å². The predicted octanol–water partition coefficient (Wildman–Crippen LogP) is 1.31. The van der Waals surface area contributed by atoms with Crippen LogP contribution in [-0.4, -0.2) is 20.9 Å². The third kappa shape index (κ3) is 1.93. The minimum absolute atomic E-state index is 0.574. The maximum Gasteiger partial charge on any atom is 0.239 e. The van der Waals surface area contributed by atoms with Gasteiger partial charge in [-0.2, -0.15) is 15.2 Å². The Morgan fingerprint density at radius 3 is 3.08 bits per heavy atom. The number of aromatic amines is 1. The summed E-state index contributed by atoms with van der Waals surface area (Å²) in [7, 11) is 0. The zero-order valence-corrected chi connectivity index (χ0v) is 7.41. The largest absolute Gasteiger partial charge is 0.245 e. The van der Waals surface area contributed by atoms with Gasteiger partial charge in [-0.3, -0.25) is 0 Å². The zero-order chi connectivity index (χ0) is 9.10. The van der Waals surface area contributed by atoms with Crippen LogP contribution in [0.1, 0.15) is 19.8 Å². The summed E-state index contributed by atoms with van der Waals surface area (Å²) < 4.78 is 0. The molecule has 1 heterocycles. The molecule has 0 amide bonds. The number of hydrogen-bond acceptors (Lipinski definition) is 4. The van der Waals surface area contributed by atoms with Crippen LogP contribution in [0.3, 0.4) is 0 Å². The number of allylic oxidation sites excluding steroid dienone is 2. The summed E-state index contributed by atoms with van der Waals surface area (Å²) in [6.45, 7) is 2.11. The lowest BCUT2D eigenvalue weighted by Gasteiger charge is -1.94. The topological polar surface area (TPSA) is 66.0 Å². The summed E-state index contributed by atoms with van der Waals surface area (Å²) in [4.78, 5) is 3.89. The summed E-state index contributed by atoms with van der Waals surface area (Å²) >= 11 is 0. The molecule has 0 saturated heterocycles. The average molecular weight is 177 g/mol. The lowest BCUT2D eigenvalue weighted by molar-refractivity contribution is 1.05. The standard InChI is InChI=1S/C8H11N5/c1-6-2-3-7(4-6)11-13-8-9-5-10-12-8/h4-5H,2-3H2,1H3,(H2,9,10,12,13)/b11-7+. The number of anilines is 1. The first-order valence-electron chi connectivity index (χ1n) is 4.20. The molecule has 68 valence electrons. The molecule has 2 rings (SSSR count). The second-order valence-corrected chi connectivity index (χ2v) is 3.04. The molecular weight excluding hydrogens is 166 g/mol. The van der Waals surface area contributed by atoms with Gasteiger partial charge in [-0.1, -0.05) is 5.57 Å². The Balaban J connectivity index is 1.99. The van der Waals surface area contributed by atoms with Gasteiger partial charge in [0, 0.05) is 0 Å². The molecule has 0 bridgehead atoms. The Bertz CT molecular complexity index is 335. The molecule has 0 aromatic carbocycles. The zero-order valence-electron chi connectivity index (χ0n) is 7.41. The molecule has 0 fully saturated rings. The first-order chi connectivity index (χ1) is 6.34. The van der Waals surface area contributed by atoms with Gasteiger partial charge in [-0.05, 0) is 25.8 Å². The Labute approximate surface area is 76.0 Å².